The largest absolute Gasteiger partial charge is 0.322 e. The minimum absolute atomic E-state index is 0.293. The second-order valence-electron chi connectivity index (χ2n) is 5.79. The van der Waals surface area contributed by atoms with E-state index in [9.17, 15) is 13.2 Å². The van der Waals surface area contributed by atoms with Crippen molar-refractivity contribution in [2.45, 2.75) is 62.8 Å². The predicted octanol–water partition coefficient (Wildman–Crippen LogP) is 2.39. The maximum atomic E-state index is 12.2. The molecule has 0 unspecified atom stereocenters. The van der Waals surface area contributed by atoms with Gasteiger partial charge in [0.15, 0.2) is 0 Å². The molecule has 0 fully saturated rings. The molecule has 130 valence electrons. The van der Waals surface area contributed by atoms with E-state index in [0.717, 1.165) is 19.3 Å². The number of hydrogen-bond acceptors (Lipinski definition) is 4. The number of benzene rings is 1. The summed E-state index contributed by atoms with van der Waals surface area (Å²) in [6, 6.07) is 6.63. The number of sulfonamides is 1. The van der Waals surface area contributed by atoms with Gasteiger partial charge in [-0.1, -0.05) is 38.3 Å². The lowest BCUT2D eigenvalue weighted by atomic mass is 10.1. The quantitative estimate of drug-likeness (QED) is 0.452. The fourth-order valence-electron chi connectivity index (χ4n) is 2.28. The molecule has 23 heavy (non-hydrogen) atoms. The van der Waals surface area contributed by atoms with Gasteiger partial charge in [-0.3, -0.25) is 0 Å². The first-order valence-corrected chi connectivity index (χ1v) is 9.77. The molecule has 1 aromatic rings. The third-order valence-corrected chi connectivity index (χ3v) is 5.21. The van der Waals surface area contributed by atoms with Crippen LogP contribution < -0.4 is 10.5 Å². The first kappa shape index (κ1) is 19.8. The molecule has 0 saturated heterocycles. The molecule has 1 atom stereocenters. The van der Waals surface area contributed by atoms with E-state index in [1.165, 1.54) is 18.4 Å². The van der Waals surface area contributed by atoms with Gasteiger partial charge in [-0.2, -0.15) is 0 Å². The molecule has 0 saturated carbocycles. The third-order valence-electron chi connectivity index (χ3n) is 3.73. The van der Waals surface area contributed by atoms with Crippen molar-refractivity contribution in [1.29, 1.82) is 0 Å². The average Bonchev–Trinajstić information content (AvgIpc) is 2.55. The number of carbonyl (C=O) groups is 1. The number of hydrogen-bond donors (Lipinski definition) is 2. The molecule has 5 nitrogen and oxygen atoms in total. The molecule has 0 aliphatic heterocycles. The first-order chi connectivity index (χ1) is 11.0. The normalized spacial score (nSPS) is 13.0. The topological polar surface area (TPSA) is 89.3 Å². The van der Waals surface area contributed by atoms with E-state index in [4.69, 9.17) is 5.73 Å². The Labute approximate surface area is 139 Å². The lowest BCUT2D eigenvalue weighted by Gasteiger charge is -2.08. The number of carbonyl (C=O) groups excluding carboxylic acids is 1. The molecule has 0 bridgehead atoms. The maximum Gasteiger partial charge on any atom is 0.240 e. The summed E-state index contributed by atoms with van der Waals surface area (Å²) in [5.41, 5.74) is 6.65. The lowest BCUT2D eigenvalue weighted by molar-refractivity contribution is -0.109. The summed E-state index contributed by atoms with van der Waals surface area (Å²) >= 11 is 0. The summed E-state index contributed by atoms with van der Waals surface area (Å²) in [7, 11) is -3.46. The van der Waals surface area contributed by atoms with Crippen molar-refractivity contribution in [3.05, 3.63) is 29.8 Å². The van der Waals surface area contributed by atoms with Gasteiger partial charge in [0, 0.05) is 6.54 Å². The van der Waals surface area contributed by atoms with Gasteiger partial charge in [-0.25, -0.2) is 13.1 Å². The second-order valence-corrected chi connectivity index (χ2v) is 7.56. The highest BCUT2D eigenvalue weighted by Gasteiger charge is 2.13. The summed E-state index contributed by atoms with van der Waals surface area (Å²) in [4.78, 5) is 10.7. The molecule has 0 aromatic heterocycles. The number of nitrogens with two attached hydrogens (primary N) is 1. The molecule has 0 aliphatic carbocycles. The summed E-state index contributed by atoms with van der Waals surface area (Å²) < 4.78 is 26.9. The number of nitrogens with one attached hydrogen (secondary N) is 1. The Bertz CT molecular complexity index is 556. The Balaban J connectivity index is 2.42. The van der Waals surface area contributed by atoms with Gasteiger partial charge in [0.05, 0.1) is 10.9 Å². The monoisotopic (exact) mass is 340 g/mol. The number of unbranched alkanes of at least 4 members (excludes halogenated alkanes) is 3. The molecule has 0 heterocycles. The van der Waals surface area contributed by atoms with Crippen molar-refractivity contribution >= 4 is 16.3 Å². The van der Waals surface area contributed by atoms with Crippen molar-refractivity contribution in [2.75, 3.05) is 6.54 Å². The van der Waals surface area contributed by atoms with Crippen LogP contribution in [-0.2, 0) is 21.2 Å². The molecule has 6 heteroatoms. The predicted molar refractivity (Wildman–Crippen MR) is 92.7 cm³/mol. The number of rotatable bonds is 12. The Hall–Kier alpha value is -1.24. The fraction of sp³-hybridized carbons (Fsp3) is 0.588. The van der Waals surface area contributed by atoms with E-state index in [-0.39, 0.29) is 0 Å². The Morgan fingerprint density at radius 1 is 1.13 bits per heavy atom. The number of aryl methyl sites for hydroxylation is 1. The van der Waals surface area contributed by atoms with Crippen molar-refractivity contribution in [2.24, 2.45) is 5.73 Å². The van der Waals surface area contributed by atoms with Gasteiger partial charge in [0.25, 0.3) is 0 Å². The summed E-state index contributed by atoms with van der Waals surface area (Å²) in [5.74, 6) is 0. The van der Waals surface area contributed by atoms with Crippen molar-refractivity contribution in [1.82, 2.24) is 4.72 Å². The van der Waals surface area contributed by atoms with E-state index < -0.39 is 16.1 Å². The molecular formula is C17H28N2O3S. The first-order valence-electron chi connectivity index (χ1n) is 8.29. The SMILES string of the molecule is CCCCCc1ccc(S(=O)(=O)NCCCC[C@H](N)C=O)cc1. The van der Waals surface area contributed by atoms with Gasteiger partial charge in [-0.05, 0) is 43.4 Å². The fourth-order valence-corrected chi connectivity index (χ4v) is 3.35. The van der Waals surface area contributed by atoms with Crippen molar-refractivity contribution < 1.29 is 13.2 Å². The van der Waals surface area contributed by atoms with Crippen LogP contribution in [0.3, 0.4) is 0 Å². The van der Waals surface area contributed by atoms with E-state index >= 15 is 0 Å². The van der Waals surface area contributed by atoms with Crippen molar-refractivity contribution in [3.8, 4) is 0 Å². The highest BCUT2D eigenvalue weighted by atomic mass is 32.2. The Kier molecular flexibility index (Phi) is 9.06. The zero-order valence-electron chi connectivity index (χ0n) is 13.8. The van der Waals surface area contributed by atoms with Gasteiger partial charge < -0.3 is 10.5 Å². The Morgan fingerprint density at radius 2 is 1.83 bits per heavy atom. The zero-order chi connectivity index (χ0) is 17.1. The van der Waals surface area contributed by atoms with Crippen LogP contribution in [0.2, 0.25) is 0 Å². The Morgan fingerprint density at radius 3 is 2.43 bits per heavy atom. The van der Waals surface area contributed by atoms with Crippen LogP contribution in [0.1, 0.15) is 51.0 Å². The van der Waals surface area contributed by atoms with Gasteiger partial charge >= 0.3 is 0 Å². The number of aldehydes is 1. The smallest absolute Gasteiger partial charge is 0.240 e. The highest BCUT2D eigenvalue weighted by Crippen LogP contribution is 2.13. The molecule has 0 amide bonds. The van der Waals surface area contributed by atoms with Crippen molar-refractivity contribution in [3.63, 3.8) is 0 Å². The highest BCUT2D eigenvalue weighted by molar-refractivity contribution is 7.89. The average molecular weight is 340 g/mol. The lowest BCUT2D eigenvalue weighted by Crippen LogP contribution is -2.26. The van der Waals surface area contributed by atoms with Crippen LogP contribution in [0, 0.1) is 0 Å². The zero-order valence-corrected chi connectivity index (χ0v) is 14.6. The van der Waals surface area contributed by atoms with Crippen LogP contribution in [0.15, 0.2) is 29.2 Å². The van der Waals surface area contributed by atoms with Crippen LogP contribution in [0.4, 0.5) is 0 Å². The van der Waals surface area contributed by atoms with Crippen LogP contribution in [0.5, 0.6) is 0 Å². The van der Waals surface area contributed by atoms with E-state index in [1.807, 2.05) is 12.1 Å². The summed E-state index contributed by atoms with van der Waals surface area (Å²) in [6.07, 6.45) is 7.16. The van der Waals surface area contributed by atoms with E-state index in [1.54, 1.807) is 12.1 Å². The van der Waals surface area contributed by atoms with Crippen LogP contribution in [-0.4, -0.2) is 27.3 Å². The van der Waals surface area contributed by atoms with E-state index in [2.05, 4.69) is 11.6 Å². The molecule has 0 spiro atoms. The maximum absolute atomic E-state index is 12.2. The molecular weight excluding hydrogens is 312 g/mol. The van der Waals surface area contributed by atoms with Crippen LogP contribution in [0.25, 0.3) is 0 Å². The molecule has 1 aromatic carbocycles. The van der Waals surface area contributed by atoms with E-state index in [0.29, 0.717) is 30.6 Å². The molecule has 0 aliphatic rings. The minimum atomic E-state index is -3.46. The second kappa shape index (κ2) is 10.5. The standard InChI is InChI=1S/C17H28N2O3S/c1-2-3-4-7-15-9-11-17(12-10-15)23(21,22)19-13-6-5-8-16(18)14-20/h9-12,14,16,19H,2-8,13,18H2,1H3/t16-/m0/s1. The van der Waals surface area contributed by atoms with Crippen LogP contribution >= 0.6 is 0 Å². The summed E-state index contributed by atoms with van der Waals surface area (Å²) in [5, 5.41) is 0. The molecule has 3 N–H and O–H groups in total. The third kappa shape index (κ3) is 7.72. The van der Waals surface area contributed by atoms with Gasteiger partial charge in [-0.15, -0.1) is 0 Å². The van der Waals surface area contributed by atoms with Gasteiger partial charge in [0.1, 0.15) is 6.29 Å². The summed E-state index contributed by atoms with van der Waals surface area (Å²) in [6.45, 7) is 2.51. The minimum Gasteiger partial charge on any atom is -0.322 e. The molecule has 1 rings (SSSR count). The molecule has 0 radical (unpaired) electrons. The van der Waals surface area contributed by atoms with Gasteiger partial charge in [0.2, 0.25) is 10.0 Å².